The lowest BCUT2D eigenvalue weighted by molar-refractivity contribution is -0.161. The second kappa shape index (κ2) is 10.5. The molecule has 1 aromatic carbocycles. The summed E-state index contributed by atoms with van der Waals surface area (Å²) in [5.41, 5.74) is 0.413. The predicted octanol–water partition coefficient (Wildman–Crippen LogP) is 5.84. The lowest BCUT2D eigenvalue weighted by atomic mass is 9.63. The van der Waals surface area contributed by atoms with Crippen molar-refractivity contribution in [3.8, 4) is 0 Å². The molecule has 1 aromatic heterocycles. The van der Waals surface area contributed by atoms with E-state index >= 15 is 0 Å². The summed E-state index contributed by atoms with van der Waals surface area (Å²) in [6, 6.07) is 5.83. The molecule has 3 heterocycles. The lowest BCUT2D eigenvalue weighted by Gasteiger charge is -2.53. The van der Waals surface area contributed by atoms with Gasteiger partial charge in [0.05, 0.1) is 11.6 Å². The molecule has 5 rings (SSSR count). The standard InChI is InChI=1S/C26H32Cl3N5O2/c1-2-26(24(35)36)9-20(10-26)33-7-3-4-17(13-33)18-14-34(15-18)25-31-12-22(29)23(32-25)30-11-16-5-6-19(27)8-21(16)28/h5-6,8,12,17-18,20H,2-4,7,9-11,13-15H2,1H3,(H,35,36)(H,30,31,32). The first-order valence-corrected chi connectivity index (χ1v) is 13.8. The van der Waals surface area contributed by atoms with Gasteiger partial charge in [-0.1, -0.05) is 47.8 Å². The number of likely N-dealkylation sites (tertiary alicyclic amines) is 1. The number of rotatable bonds is 8. The number of nitrogens with one attached hydrogen (secondary N) is 1. The van der Waals surface area contributed by atoms with Crippen molar-refractivity contribution in [2.75, 3.05) is 36.4 Å². The van der Waals surface area contributed by atoms with Gasteiger partial charge in [-0.15, -0.1) is 0 Å². The molecule has 3 fully saturated rings. The maximum absolute atomic E-state index is 11.7. The van der Waals surface area contributed by atoms with Crippen molar-refractivity contribution in [3.63, 3.8) is 0 Å². The summed E-state index contributed by atoms with van der Waals surface area (Å²) in [6.45, 7) is 6.50. The summed E-state index contributed by atoms with van der Waals surface area (Å²) in [5, 5.41) is 14.5. The maximum atomic E-state index is 11.7. The van der Waals surface area contributed by atoms with E-state index in [9.17, 15) is 9.90 Å². The molecule has 10 heteroatoms. The third-order valence-electron chi connectivity index (χ3n) is 8.44. The minimum atomic E-state index is -0.627. The van der Waals surface area contributed by atoms with Crippen LogP contribution in [-0.4, -0.2) is 58.2 Å². The average Bonchev–Trinajstić information content (AvgIpc) is 2.79. The monoisotopic (exact) mass is 551 g/mol. The molecule has 2 saturated heterocycles. The van der Waals surface area contributed by atoms with Crippen LogP contribution >= 0.6 is 34.8 Å². The SMILES string of the molecule is CCC1(C(=O)O)CC(N2CCCC(C3CN(c4ncc(Cl)c(NCc5ccc(Cl)cc5Cl)n4)C3)C2)C1. The van der Waals surface area contributed by atoms with Crippen molar-refractivity contribution in [1.29, 1.82) is 0 Å². The van der Waals surface area contributed by atoms with Gasteiger partial charge >= 0.3 is 5.97 Å². The number of piperidine rings is 1. The fourth-order valence-electron chi connectivity index (χ4n) is 5.92. The molecule has 7 nitrogen and oxygen atoms in total. The molecule has 36 heavy (non-hydrogen) atoms. The van der Waals surface area contributed by atoms with Gasteiger partial charge in [0.15, 0.2) is 5.82 Å². The van der Waals surface area contributed by atoms with Crippen LogP contribution in [0.5, 0.6) is 0 Å². The molecular weight excluding hydrogens is 521 g/mol. The molecule has 2 aliphatic heterocycles. The number of benzene rings is 1. The van der Waals surface area contributed by atoms with Crippen LogP contribution in [-0.2, 0) is 11.3 Å². The van der Waals surface area contributed by atoms with E-state index in [-0.39, 0.29) is 0 Å². The van der Waals surface area contributed by atoms with Crippen LogP contribution in [0.2, 0.25) is 15.1 Å². The van der Waals surface area contributed by atoms with E-state index in [1.165, 1.54) is 12.8 Å². The van der Waals surface area contributed by atoms with Gasteiger partial charge in [-0.05, 0) is 68.2 Å². The highest BCUT2D eigenvalue weighted by Gasteiger charge is 2.51. The first-order valence-electron chi connectivity index (χ1n) is 12.7. The fraction of sp³-hybridized carbons (Fsp3) is 0.577. The van der Waals surface area contributed by atoms with E-state index in [0.29, 0.717) is 51.3 Å². The Hall–Kier alpha value is -1.80. The van der Waals surface area contributed by atoms with Gasteiger partial charge in [0, 0.05) is 42.3 Å². The number of anilines is 2. The Morgan fingerprint density at radius 3 is 2.64 bits per heavy atom. The largest absolute Gasteiger partial charge is 0.481 e. The molecule has 0 amide bonds. The van der Waals surface area contributed by atoms with Crippen LogP contribution in [0.1, 0.15) is 44.6 Å². The van der Waals surface area contributed by atoms with E-state index in [1.54, 1.807) is 18.3 Å². The summed E-state index contributed by atoms with van der Waals surface area (Å²) >= 11 is 18.6. The van der Waals surface area contributed by atoms with Crippen LogP contribution in [0.15, 0.2) is 24.4 Å². The Bertz CT molecular complexity index is 1120. The van der Waals surface area contributed by atoms with Gasteiger partial charge in [0.25, 0.3) is 0 Å². The molecule has 1 unspecified atom stereocenters. The van der Waals surface area contributed by atoms with Crippen molar-refractivity contribution in [2.24, 2.45) is 17.3 Å². The molecule has 1 atom stereocenters. The number of aliphatic carboxylic acids is 1. The predicted molar refractivity (Wildman–Crippen MR) is 144 cm³/mol. The summed E-state index contributed by atoms with van der Waals surface area (Å²) < 4.78 is 0. The van der Waals surface area contributed by atoms with E-state index in [0.717, 1.165) is 51.0 Å². The average molecular weight is 553 g/mol. The summed E-state index contributed by atoms with van der Waals surface area (Å²) in [6.07, 6.45) is 6.36. The highest BCUT2D eigenvalue weighted by molar-refractivity contribution is 6.35. The zero-order valence-electron chi connectivity index (χ0n) is 20.4. The highest BCUT2D eigenvalue weighted by atomic mass is 35.5. The topological polar surface area (TPSA) is 81.6 Å². The number of hydrogen-bond acceptors (Lipinski definition) is 6. The fourth-order valence-corrected chi connectivity index (χ4v) is 6.56. The van der Waals surface area contributed by atoms with Crippen molar-refractivity contribution >= 4 is 52.5 Å². The van der Waals surface area contributed by atoms with E-state index < -0.39 is 11.4 Å². The lowest BCUT2D eigenvalue weighted by Crippen LogP contribution is -2.59. The Labute approximate surface area is 227 Å². The molecule has 3 aliphatic rings. The minimum absolute atomic E-state index is 0.419. The zero-order valence-corrected chi connectivity index (χ0v) is 22.7. The smallest absolute Gasteiger partial charge is 0.309 e. The van der Waals surface area contributed by atoms with Crippen molar-refractivity contribution in [2.45, 2.75) is 51.6 Å². The quantitative estimate of drug-likeness (QED) is 0.426. The number of halogens is 3. The van der Waals surface area contributed by atoms with Gasteiger partial charge in [-0.3, -0.25) is 4.79 Å². The Morgan fingerprint density at radius 1 is 1.17 bits per heavy atom. The molecule has 2 aromatic rings. The number of carbonyl (C=O) groups is 1. The van der Waals surface area contributed by atoms with E-state index in [1.807, 2.05) is 13.0 Å². The molecular formula is C26H32Cl3N5O2. The molecule has 0 spiro atoms. The normalized spacial score (nSPS) is 26.8. The third-order valence-corrected chi connectivity index (χ3v) is 9.30. The minimum Gasteiger partial charge on any atom is -0.481 e. The van der Waals surface area contributed by atoms with Gasteiger partial charge in [0.2, 0.25) is 5.95 Å². The number of carboxylic acid groups (broad SMARTS) is 1. The van der Waals surface area contributed by atoms with Crippen molar-refractivity contribution in [1.82, 2.24) is 14.9 Å². The summed E-state index contributed by atoms with van der Waals surface area (Å²) in [7, 11) is 0. The van der Waals surface area contributed by atoms with Crippen molar-refractivity contribution in [3.05, 3.63) is 45.0 Å². The number of hydrogen-bond donors (Lipinski definition) is 2. The van der Waals surface area contributed by atoms with Crippen LogP contribution in [0.3, 0.4) is 0 Å². The van der Waals surface area contributed by atoms with Crippen LogP contribution in [0, 0.1) is 17.3 Å². The number of aromatic nitrogens is 2. The second-order valence-corrected chi connectivity index (χ2v) is 11.8. The van der Waals surface area contributed by atoms with Gasteiger partial charge in [-0.25, -0.2) is 4.98 Å². The molecule has 194 valence electrons. The Balaban J connectivity index is 1.15. The van der Waals surface area contributed by atoms with Gasteiger partial charge < -0.3 is 20.2 Å². The third kappa shape index (κ3) is 5.13. The van der Waals surface area contributed by atoms with Crippen LogP contribution < -0.4 is 10.2 Å². The maximum Gasteiger partial charge on any atom is 0.309 e. The first-order chi connectivity index (χ1) is 17.3. The zero-order chi connectivity index (χ0) is 25.4. The first kappa shape index (κ1) is 25.8. The summed E-state index contributed by atoms with van der Waals surface area (Å²) in [5.74, 6) is 1.88. The van der Waals surface area contributed by atoms with Gasteiger partial charge in [0.1, 0.15) is 5.02 Å². The van der Waals surface area contributed by atoms with Crippen molar-refractivity contribution < 1.29 is 9.90 Å². The summed E-state index contributed by atoms with van der Waals surface area (Å²) in [4.78, 5) is 25.6. The van der Waals surface area contributed by atoms with Crippen LogP contribution in [0.4, 0.5) is 11.8 Å². The molecule has 0 bridgehead atoms. The Morgan fingerprint density at radius 2 is 1.94 bits per heavy atom. The molecule has 2 N–H and O–H groups in total. The van der Waals surface area contributed by atoms with Gasteiger partial charge in [-0.2, -0.15) is 4.98 Å². The Kier molecular flexibility index (Phi) is 7.55. The molecule has 1 aliphatic carbocycles. The van der Waals surface area contributed by atoms with Crippen LogP contribution in [0.25, 0.3) is 0 Å². The van der Waals surface area contributed by atoms with E-state index in [4.69, 9.17) is 34.8 Å². The molecule has 1 saturated carbocycles. The highest BCUT2D eigenvalue weighted by Crippen LogP contribution is 2.48. The number of nitrogens with zero attached hydrogens (tertiary/aromatic N) is 4. The molecule has 0 radical (unpaired) electrons. The number of carboxylic acids is 1. The van der Waals surface area contributed by atoms with E-state index in [2.05, 4.69) is 25.1 Å². The second-order valence-electron chi connectivity index (χ2n) is 10.5.